The largest absolute Gasteiger partial charge is 0.497 e. The number of amides is 1. The van der Waals surface area contributed by atoms with E-state index in [1.807, 2.05) is 12.1 Å². The monoisotopic (exact) mass is 399 g/mol. The zero-order valence-corrected chi connectivity index (χ0v) is 16.1. The molecule has 0 bridgehead atoms. The topological polar surface area (TPSA) is 82.5 Å². The smallest absolute Gasteiger partial charge is 0.254 e. The van der Waals surface area contributed by atoms with Crippen molar-refractivity contribution in [2.45, 2.75) is 6.54 Å². The summed E-state index contributed by atoms with van der Waals surface area (Å²) in [5.41, 5.74) is 1.38. The molecule has 1 amide bonds. The zero-order valence-electron chi connectivity index (χ0n) is 15.3. The number of halogens is 1. The van der Waals surface area contributed by atoms with Crippen molar-refractivity contribution >= 4 is 23.2 Å². The number of rotatable bonds is 6. The molecule has 2 aromatic carbocycles. The number of aromatic nitrogens is 2. The first kappa shape index (κ1) is 19.4. The van der Waals surface area contributed by atoms with Crippen LogP contribution in [0.25, 0.3) is 11.3 Å². The molecule has 0 unspecified atom stereocenters. The Kier molecular flexibility index (Phi) is 5.96. The second-order valence-electron chi connectivity index (χ2n) is 5.86. The summed E-state index contributed by atoms with van der Waals surface area (Å²) >= 11 is 5.96. The number of carbonyl (C=O) groups excluding carboxylic acids is 1. The Morgan fingerprint density at radius 2 is 1.86 bits per heavy atom. The van der Waals surface area contributed by atoms with E-state index >= 15 is 0 Å². The molecular weight excluding hydrogens is 382 g/mol. The van der Waals surface area contributed by atoms with E-state index in [1.165, 1.54) is 24.1 Å². The van der Waals surface area contributed by atoms with Gasteiger partial charge in [0.05, 0.1) is 31.9 Å². The Morgan fingerprint density at radius 3 is 2.50 bits per heavy atom. The van der Waals surface area contributed by atoms with E-state index in [1.54, 1.807) is 37.4 Å². The fourth-order valence-corrected chi connectivity index (χ4v) is 2.76. The van der Waals surface area contributed by atoms with Crippen LogP contribution in [-0.2, 0) is 11.3 Å². The molecule has 3 aromatic rings. The Hall–Kier alpha value is -3.32. The van der Waals surface area contributed by atoms with Gasteiger partial charge >= 0.3 is 0 Å². The lowest BCUT2D eigenvalue weighted by molar-refractivity contribution is -0.116. The normalized spacial score (nSPS) is 10.4. The van der Waals surface area contributed by atoms with E-state index in [2.05, 4.69) is 10.3 Å². The highest BCUT2D eigenvalue weighted by Gasteiger charge is 2.11. The first-order valence-corrected chi connectivity index (χ1v) is 8.72. The minimum atomic E-state index is -0.401. The number of nitrogens with zero attached hydrogens (tertiary/aromatic N) is 2. The molecule has 28 heavy (non-hydrogen) atoms. The number of benzene rings is 2. The summed E-state index contributed by atoms with van der Waals surface area (Å²) in [7, 11) is 3.07. The van der Waals surface area contributed by atoms with Crippen LogP contribution in [0.5, 0.6) is 11.5 Å². The molecule has 3 rings (SSSR count). The maximum atomic E-state index is 12.4. The molecular formula is C20H18ClN3O4. The summed E-state index contributed by atoms with van der Waals surface area (Å²) in [5, 5.41) is 3.14. The van der Waals surface area contributed by atoms with E-state index in [-0.39, 0.29) is 12.1 Å². The first-order chi connectivity index (χ1) is 13.5. The van der Waals surface area contributed by atoms with Gasteiger partial charge in [-0.15, -0.1) is 0 Å². The van der Waals surface area contributed by atoms with E-state index in [0.717, 1.165) is 5.56 Å². The summed E-state index contributed by atoms with van der Waals surface area (Å²) in [6.45, 7) is -0.190. The highest BCUT2D eigenvalue weighted by molar-refractivity contribution is 6.31. The van der Waals surface area contributed by atoms with Gasteiger partial charge in [0, 0.05) is 16.7 Å². The Labute approximate surface area is 166 Å². The maximum Gasteiger partial charge on any atom is 0.254 e. The van der Waals surface area contributed by atoms with Gasteiger partial charge in [-0.25, -0.2) is 4.98 Å². The second kappa shape index (κ2) is 8.58. The van der Waals surface area contributed by atoms with Crippen LogP contribution < -0.4 is 20.3 Å². The van der Waals surface area contributed by atoms with Gasteiger partial charge in [-0.1, -0.05) is 11.6 Å². The number of carbonyl (C=O) groups is 1. The quantitative estimate of drug-likeness (QED) is 0.688. The zero-order chi connectivity index (χ0) is 20.1. The Morgan fingerprint density at radius 1 is 1.11 bits per heavy atom. The Balaban J connectivity index is 1.75. The Bertz CT molecular complexity index is 1050. The number of anilines is 1. The molecule has 0 radical (unpaired) electrons. The van der Waals surface area contributed by atoms with Gasteiger partial charge in [0.1, 0.15) is 18.0 Å². The average Bonchev–Trinajstić information content (AvgIpc) is 2.70. The summed E-state index contributed by atoms with van der Waals surface area (Å²) in [6, 6.07) is 13.5. The van der Waals surface area contributed by atoms with Crippen LogP contribution in [0, 0.1) is 0 Å². The minimum absolute atomic E-state index is 0.190. The summed E-state index contributed by atoms with van der Waals surface area (Å²) in [4.78, 5) is 29.0. The molecule has 0 aliphatic heterocycles. The molecule has 0 spiro atoms. The van der Waals surface area contributed by atoms with Crippen molar-refractivity contribution in [1.29, 1.82) is 0 Å². The van der Waals surface area contributed by atoms with Crippen molar-refractivity contribution in [1.82, 2.24) is 9.55 Å². The average molecular weight is 400 g/mol. The van der Waals surface area contributed by atoms with Crippen molar-refractivity contribution in [3.05, 3.63) is 70.2 Å². The standard InChI is InChI=1S/C20H18ClN3O4/c1-27-15-6-3-13(4-7-15)16-10-20(26)24(12-22-16)11-19(25)23-17-9-14(21)5-8-18(17)28-2/h3-10,12H,11H2,1-2H3,(H,23,25). The van der Waals surface area contributed by atoms with Gasteiger partial charge in [-0.2, -0.15) is 0 Å². The van der Waals surface area contributed by atoms with Gasteiger partial charge in [0.25, 0.3) is 5.56 Å². The van der Waals surface area contributed by atoms with Gasteiger partial charge in [-0.3, -0.25) is 14.2 Å². The van der Waals surface area contributed by atoms with E-state index in [9.17, 15) is 9.59 Å². The number of nitrogens with one attached hydrogen (secondary N) is 1. The molecule has 0 atom stereocenters. The fraction of sp³-hybridized carbons (Fsp3) is 0.150. The molecule has 7 nitrogen and oxygen atoms in total. The van der Waals surface area contributed by atoms with Crippen LogP contribution in [0.15, 0.2) is 59.7 Å². The van der Waals surface area contributed by atoms with Crippen LogP contribution in [-0.4, -0.2) is 29.7 Å². The van der Waals surface area contributed by atoms with Gasteiger partial charge in [0.15, 0.2) is 0 Å². The minimum Gasteiger partial charge on any atom is -0.497 e. The number of hydrogen-bond acceptors (Lipinski definition) is 5. The van der Waals surface area contributed by atoms with Crippen molar-refractivity contribution in [3.8, 4) is 22.8 Å². The summed E-state index contributed by atoms with van der Waals surface area (Å²) in [6.07, 6.45) is 1.34. The van der Waals surface area contributed by atoms with Crippen LogP contribution in [0.2, 0.25) is 5.02 Å². The molecule has 1 aromatic heterocycles. The number of ether oxygens (including phenoxy) is 2. The SMILES string of the molecule is COc1ccc(-c2cc(=O)n(CC(=O)Nc3cc(Cl)ccc3OC)cn2)cc1. The summed E-state index contributed by atoms with van der Waals surface area (Å²) < 4.78 is 11.5. The molecule has 0 aliphatic rings. The van der Waals surface area contributed by atoms with Crippen LogP contribution in [0.1, 0.15) is 0 Å². The highest BCUT2D eigenvalue weighted by Crippen LogP contribution is 2.27. The van der Waals surface area contributed by atoms with Gasteiger partial charge in [0.2, 0.25) is 5.91 Å². The molecule has 0 fully saturated rings. The van der Waals surface area contributed by atoms with E-state index in [4.69, 9.17) is 21.1 Å². The first-order valence-electron chi connectivity index (χ1n) is 8.34. The number of hydrogen-bond donors (Lipinski definition) is 1. The third kappa shape index (κ3) is 4.50. The molecule has 0 saturated carbocycles. The second-order valence-corrected chi connectivity index (χ2v) is 6.30. The van der Waals surface area contributed by atoms with E-state index in [0.29, 0.717) is 27.9 Å². The van der Waals surface area contributed by atoms with E-state index < -0.39 is 5.91 Å². The van der Waals surface area contributed by atoms with Crippen molar-refractivity contribution in [2.75, 3.05) is 19.5 Å². The highest BCUT2D eigenvalue weighted by atomic mass is 35.5. The third-order valence-corrected chi connectivity index (χ3v) is 4.25. The fourth-order valence-electron chi connectivity index (χ4n) is 2.59. The van der Waals surface area contributed by atoms with Crippen LogP contribution >= 0.6 is 11.6 Å². The molecule has 1 N–H and O–H groups in total. The maximum absolute atomic E-state index is 12.4. The molecule has 0 aliphatic carbocycles. The molecule has 144 valence electrons. The third-order valence-electron chi connectivity index (χ3n) is 4.01. The summed E-state index contributed by atoms with van der Waals surface area (Å²) in [5.74, 6) is 0.782. The molecule has 1 heterocycles. The number of methoxy groups -OCH3 is 2. The van der Waals surface area contributed by atoms with Gasteiger partial charge < -0.3 is 14.8 Å². The predicted molar refractivity (Wildman–Crippen MR) is 107 cm³/mol. The van der Waals surface area contributed by atoms with Crippen LogP contribution in [0.4, 0.5) is 5.69 Å². The van der Waals surface area contributed by atoms with Crippen molar-refractivity contribution in [3.63, 3.8) is 0 Å². The molecule has 8 heteroatoms. The van der Waals surface area contributed by atoms with Gasteiger partial charge in [-0.05, 0) is 42.5 Å². The van der Waals surface area contributed by atoms with Crippen molar-refractivity contribution < 1.29 is 14.3 Å². The lowest BCUT2D eigenvalue weighted by Gasteiger charge is -2.11. The van der Waals surface area contributed by atoms with Crippen LogP contribution in [0.3, 0.4) is 0 Å². The van der Waals surface area contributed by atoms with Crippen molar-refractivity contribution in [2.24, 2.45) is 0 Å². The predicted octanol–water partition coefficient (Wildman–Crippen LogP) is 3.22. The lowest BCUT2D eigenvalue weighted by atomic mass is 10.1. The molecule has 0 saturated heterocycles. The lowest BCUT2D eigenvalue weighted by Crippen LogP contribution is -2.27.